The Balaban J connectivity index is 1.64. The number of carbonyl (C=O) groups excluding carboxylic acids is 2. The summed E-state index contributed by atoms with van der Waals surface area (Å²) in [6.45, 7) is 2.15. The number of nitrogens with two attached hydrogens (primary N) is 1. The molecule has 3 aromatic rings. The molecule has 0 radical (unpaired) electrons. The van der Waals surface area contributed by atoms with Crippen molar-refractivity contribution in [1.29, 1.82) is 0 Å². The van der Waals surface area contributed by atoms with Gasteiger partial charge in [-0.3, -0.25) is 9.59 Å². The molecule has 0 aliphatic heterocycles. The van der Waals surface area contributed by atoms with Crippen molar-refractivity contribution in [2.45, 2.75) is 20.0 Å². The topological polar surface area (TPSA) is 104 Å². The molecule has 30 heavy (non-hydrogen) atoms. The summed E-state index contributed by atoms with van der Waals surface area (Å²) in [5.74, 6) is 0.375. The zero-order chi connectivity index (χ0) is 21.5. The normalized spacial score (nSPS) is 10.5. The second-order valence-corrected chi connectivity index (χ2v) is 7.80. The minimum Gasteiger partial charge on any atom is -0.491 e. The first-order valence-electron chi connectivity index (χ1n) is 9.08. The molecule has 0 unspecified atom stereocenters. The van der Waals surface area contributed by atoms with Gasteiger partial charge in [0, 0.05) is 5.02 Å². The smallest absolute Gasteiger partial charge is 0.267 e. The van der Waals surface area contributed by atoms with Crippen molar-refractivity contribution in [3.05, 3.63) is 69.1 Å². The lowest BCUT2D eigenvalue weighted by Crippen LogP contribution is -2.16. The summed E-state index contributed by atoms with van der Waals surface area (Å²) in [7, 11) is 0. The summed E-state index contributed by atoms with van der Waals surface area (Å²) in [5, 5.41) is 4.14. The minimum absolute atomic E-state index is 0.0905. The number of anilines is 1. The average Bonchev–Trinajstić information content (AvgIpc) is 3.09. The van der Waals surface area contributed by atoms with Crippen molar-refractivity contribution in [3.8, 4) is 11.5 Å². The number of aromatic nitrogens is 1. The molecule has 0 fully saturated rings. The second kappa shape index (κ2) is 10.1. The first kappa shape index (κ1) is 21.6. The van der Waals surface area contributed by atoms with Crippen LogP contribution in [-0.2, 0) is 11.4 Å². The number of carbonyl (C=O) groups is 2. The zero-order valence-electron chi connectivity index (χ0n) is 16.2. The van der Waals surface area contributed by atoms with Crippen LogP contribution in [0.5, 0.6) is 11.5 Å². The summed E-state index contributed by atoms with van der Waals surface area (Å²) >= 11 is 7.13. The monoisotopic (exact) mass is 445 g/mol. The Bertz CT molecular complexity index is 1040. The number of aryl methyl sites for hydroxylation is 1. The van der Waals surface area contributed by atoms with Crippen LogP contribution in [0.4, 0.5) is 5.69 Å². The van der Waals surface area contributed by atoms with Crippen molar-refractivity contribution in [2.24, 2.45) is 5.73 Å². The quantitative estimate of drug-likeness (QED) is 0.514. The van der Waals surface area contributed by atoms with E-state index in [0.717, 1.165) is 0 Å². The third-order valence-electron chi connectivity index (χ3n) is 3.96. The Morgan fingerprint density at radius 3 is 2.60 bits per heavy atom. The number of halogens is 1. The van der Waals surface area contributed by atoms with Crippen LogP contribution in [0.1, 0.15) is 26.8 Å². The molecule has 0 atom stereocenters. The summed E-state index contributed by atoms with van der Waals surface area (Å²) in [6, 6.07) is 14.0. The van der Waals surface area contributed by atoms with E-state index in [1.54, 1.807) is 55.5 Å². The molecule has 0 aliphatic rings. The van der Waals surface area contributed by atoms with E-state index < -0.39 is 5.91 Å². The van der Waals surface area contributed by atoms with Gasteiger partial charge in [-0.05, 0) is 43.3 Å². The lowest BCUT2D eigenvalue weighted by Gasteiger charge is -2.11. The van der Waals surface area contributed by atoms with Gasteiger partial charge in [-0.15, -0.1) is 11.3 Å². The number of thiazole rings is 1. The van der Waals surface area contributed by atoms with Crippen molar-refractivity contribution >= 4 is 40.4 Å². The number of hydrogen-bond acceptors (Lipinski definition) is 6. The molecule has 2 aromatic carbocycles. The number of benzene rings is 2. The highest BCUT2D eigenvalue weighted by atomic mass is 35.5. The van der Waals surface area contributed by atoms with Gasteiger partial charge in [-0.25, -0.2) is 4.98 Å². The van der Waals surface area contributed by atoms with E-state index in [0.29, 0.717) is 37.8 Å². The summed E-state index contributed by atoms with van der Waals surface area (Å²) in [5.41, 5.74) is 6.24. The number of para-hydroxylation sites is 2. The molecule has 7 nitrogen and oxygen atoms in total. The Kier molecular flexibility index (Phi) is 7.26. The van der Waals surface area contributed by atoms with Gasteiger partial charge in [0.2, 0.25) is 5.91 Å². The highest BCUT2D eigenvalue weighted by Crippen LogP contribution is 2.27. The summed E-state index contributed by atoms with van der Waals surface area (Å²) in [4.78, 5) is 28.6. The third kappa shape index (κ3) is 5.95. The van der Waals surface area contributed by atoms with E-state index in [9.17, 15) is 9.59 Å². The van der Waals surface area contributed by atoms with Crippen molar-refractivity contribution in [3.63, 3.8) is 0 Å². The molecule has 3 rings (SSSR count). The predicted octanol–water partition coefficient (Wildman–Crippen LogP) is 4.19. The second-order valence-electron chi connectivity index (χ2n) is 6.28. The highest BCUT2D eigenvalue weighted by molar-refractivity contribution is 7.13. The molecular weight excluding hydrogens is 426 g/mol. The third-order valence-corrected chi connectivity index (χ3v) is 5.35. The largest absolute Gasteiger partial charge is 0.491 e. The number of rotatable bonds is 9. The van der Waals surface area contributed by atoms with E-state index in [2.05, 4.69) is 10.3 Å². The Hall–Kier alpha value is -3.10. The Morgan fingerprint density at radius 1 is 1.13 bits per heavy atom. The predicted molar refractivity (Wildman–Crippen MR) is 116 cm³/mol. The maximum atomic E-state index is 12.8. The lowest BCUT2D eigenvalue weighted by atomic mass is 10.2. The zero-order valence-corrected chi connectivity index (χ0v) is 17.8. The van der Waals surface area contributed by atoms with E-state index in [1.807, 2.05) is 0 Å². The van der Waals surface area contributed by atoms with E-state index >= 15 is 0 Å². The summed E-state index contributed by atoms with van der Waals surface area (Å²) in [6.07, 6.45) is 0.0905. The van der Waals surface area contributed by atoms with Crippen molar-refractivity contribution < 1.29 is 19.1 Å². The van der Waals surface area contributed by atoms with Gasteiger partial charge >= 0.3 is 0 Å². The van der Waals surface area contributed by atoms with E-state index in [-0.39, 0.29) is 25.5 Å². The van der Waals surface area contributed by atoms with Gasteiger partial charge in [0.15, 0.2) is 0 Å². The van der Waals surface area contributed by atoms with Crippen LogP contribution < -0.4 is 20.5 Å². The first-order chi connectivity index (χ1) is 14.4. The molecule has 3 N–H and O–H groups in total. The van der Waals surface area contributed by atoms with Gasteiger partial charge < -0.3 is 20.5 Å². The van der Waals surface area contributed by atoms with Crippen LogP contribution in [0.3, 0.4) is 0 Å². The number of nitrogens with one attached hydrogen (secondary N) is 1. The molecule has 0 saturated heterocycles. The van der Waals surface area contributed by atoms with Crippen LogP contribution in [0.2, 0.25) is 5.02 Å². The molecule has 9 heteroatoms. The SMILES string of the molecule is Cc1nc(COc2ccc(Cl)cc2)sc1C(=O)Nc1ccccc1OCCC(N)=O. The fourth-order valence-corrected chi connectivity index (χ4v) is 3.54. The lowest BCUT2D eigenvalue weighted by molar-refractivity contribution is -0.118. The average molecular weight is 446 g/mol. The molecule has 0 saturated carbocycles. The minimum atomic E-state index is -0.454. The number of ether oxygens (including phenoxy) is 2. The maximum absolute atomic E-state index is 12.8. The Labute approximate surface area is 182 Å². The number of primary amides is 1. The highest BCUT2D eigenvalue weighted by Gasteiger charge is 2.17. The summed E-state index contributed by atoms with van der Waals surface area (Å²) < 4.78 is 11.3. The maximum Gasteiger partial charge on any atom is 0.267 e. The molecule has 1 aromatic heterocycles. The van der Waals surface area contributed by atoms with Crippen LogP contribution in [0.25, 0.3) is 0 Å². The number of hydrogen-bond donors (Lipinski definition) is 2. The molecule has 0 bridgehead atoms. The number of amides is 2. The van der Waals surface area contributed by atoms with Gasteiger partial charge in [0.05, 0.1) is 24.4 Å². The molecule has 0 aliphatic carbocycles. The van der Waals surface area contributed by atoms with E-state index in [4.69, 9.17) is 26.8 Å². The van der Waals surface area contributed by atoms with Gasteiger partial charge in [-0.2, -0.15) is 0 Å². The molecular formula is C21H20ClN3O4S. The van der Waals surface area contributed by atoms with Gasteiger partial charge in [0.25, 0.3) is 5.91 Å². The van der Waals surface area contributed by atoms with Gasteiger partial charge in [0.1, 0.15) is 28.0 Å². The standard InChI is InChI=1S/C21H20ClN3O4S/c1-13-20(30-19(24-13)12-29-15-8-6-14(22)7-9-15)21(27)25-16-4-2-3-5-17(16)28-11-10-18(23)26/h2-9H,10-12H2,1H3,(H2,23,26)(H,25,27). The number of nitrogens with zero attached hydrogens (tertiary/aromatic N) is 1. The van der Waals surface area contributed by atoms with Crippen LogP contribution in [-0.4, -0.2) is 23.4 Å². The van der Waals surface area contributed by atoms with Gasteiger partial charge in [-0.1, -0.05) is 23.7 Å². The molecule has 156 valence electrons. The fourth-order valence-electron chi connectivity index (χ4n) is 2.54. The molecule has 2 amide bonds. The Morgan fingerprint density at radius 2 is 1.87 bits per heavy atom. The molecule has 0 spiro atoms. The molecule has 1 heterocycles. The van der Waals surface area contributed by atoms with Crippen LogP contribution in [0, 0.1) is 6.92 Å². The van der Waals surface area contributed by atoms with Crippen LogP contribution in [0.15, 0.2) is 48.5 Å². The van der Waals surface area contributed by atoms with E-state index in [1.165, 1.54) is 11.3 Å². The van der Waals surface area contributed by atoms with Crippen molar-refractivity contribution in [2.75, 3.05) is 11.9 Å². The fraction of sp³-hybridized carbons (Fsp3) is 0.190. The van der Waals surface area contributed by atoms with Crippen LogP contribution >= 0.6 is 22.9 Å². The van der Waals surface area contributed by atoms with Crippen molar-refractivity contribution in [1.82, 2.24) is 4.98 Å². The first-order valence-corrected chi connectivity index (χ1v) is 10.3.